The fourth-order valence-corrected chi connectivity index (χ4v) is 0.568. The molecule has 0 saturated carbocycles. The maximum Gasteiger partial charge on any atom is 0.120 e. The molecule has 2 heteroatoms. The summed E-state index contributed by atoms with van der Waals surface area (Å²) in [6.45, 7) is 1.90. The first-order chi connectivity index (χ1) is 3.84. The van der Waals surface area contributed by atoms with Crippen LogP contribution in [-0.2, 0) is 0 Å². The average molecular weight is 106 g/mol. The van der Waals surface area contributed by atoms with E-state index in [-0.39, 0.29) is 0 Å². The quantitative estimate of drug-likeness (QED) is 0.530. The summed E-state index contributed by atoms with van der Waals surface area (Å²) in [5.74, 6) is 0. The molecule has 1 N–H and O–H groups in total. The summed E-state index contributed by atoms with van der Waals surface area (Å²) in [7, 11) is 0. The topological polar surface area (TPSA) is 39.6 Å². The number of rotatable bonds is 0. The molecule has 0 amide bonds. The van der Waals surface area contributed by atoms with E-state index >= 15 is 0 Å². The monoisotopic (exact) mass is 106 g/mol. The van der Waals surface area contributed by atoms with Gasteiger partial charge in [0.05, 0.1) is 0 Å². The normalized spacial score (nSPS) is 8.50. The van der Waals surface area contributed by atoms with Gasteiger partial charge in [-0.05, 0) is 18.6 Å². The van der Waals surface area contributed by atoms with Crippen LogP contribution < -0.4 is 0 Å². The average Bonchev–Trinajstić information content (AvgIpc) is 2.14. The highest BCUT2D eigenvalue weighted by Crippen LogP contribution is 2.00. The standard InChI is InChI=1S/C6H6N2/c1-5-2-3-8-6(5)4-7/h2-3,8H,1H3. The second-order valence-electron chi connectivity index (χ2n) is 1.65. The molecule has 0 aliphatic rings. The summed E-state index contributed by atoms with van der Waals surface area (Å²) in [5, 5.41) is 8.33. The van der Waals surface area contributed by atoms with Crippen molar-refractivity contribution < 1.29 is 0 Å². The van der Waals surface area contributed by atoms with Crippen molar-refractivity contribution in [1.82, 2.24) is 4.98 Å². The molecule has 0 radical (unpaired) electrons. The molecule has 0 aromatic carbocycles. The molecule has 1 aromatic rings. The largest absolute Gasteiger partial charge is 0.353 e. The minimum Gasteiger partial charge on any atom is -0.353 e. The molecule has 0 spiro atoms. The molecule has 8 heavy (non-hydrogen) atoms. The molecule has 1 rings (SSSR count). The lowest BCUT2D eigenvalue weighted by molar-refractivity contribution is 1.30. The molecule has 40 valence electrons. The van der Waals surface area contributed by atoms with Gasteiger partial charge in [0.2, 0.25) is 0 Å². The zero-order chi connectivity index (χ0) is 5.98. The molecule has 0 unspecified atom stereocenters. The number of nitrogens with one attached hydrogen (secondary N) is 1. The number of nitrogens with zero attached hydrogens (tertiary/aromatic N) is 1. The Labute approximate surface area is 47.8 Å². The molecule has 0 bridgehead atoms. The van der Waals surface area contributed by atoms with Gasteiger partial charge in [-0.25, -0.2) is 0 Å². The Hall–Kier alpha value is -1.23. The molecular weight excluding hydrogens is 100 g/mol. The smallest absolute Gasteiger partial charge is 0.120 e. The maximum atomic E-state index is 8.33. The molecule has 1 aromatic heterocycles. The first kappa shape index (κ1) is 4.92. The number of hydrogen-bond donors (Lipinski definition) is 1. The van der Waals surface area contributed by atoms with Crippen LogP contribution in [0.2, 0.25) is 0 Å². The Morgan fingerprint density at radius 2 is 2.50 bits per heavy atom. The first-order valence-corrected chi connectivity index (χ1v) is 2.38. The van der Waals surface area contributed by atoms with Crippen LogP contribution >= 0.6 is 0 Å². The third-order valence-corrected chi connectivity index (χ3v) is 1.07. The molecule has 2 nitrogen and oxygen atoms in total. The van der Waals surface area contributed by atoms with Crippen LogP contribution in [0.15, 0.2) is 12.3 Å². The minimum absolute atomic E-state index is 0.657. The molecule has 0 aliphatic carbocycles. The summed E-state index contributed by atoms with van der Waals surface area (Å²) in [6, 6.07) is 3.89. The fraction of sp³-hybridized carbons (Fsp3) is 0.167. The Morgan fingerprint density at radius 1 is 1.75 bits per heavy atom. The Bertz CT molecular complexity index is 217. The minimum atomic E-state index is 0.657. The number of aryl methyl sites for hydroxylation is 1. The lowest BCUT2D eigenvalue weighted by Crippen LogP contribution is -1.72. The van der Waals surface area contributed by atoms with E-state index in [1.54, 1.807) is 6.20 Å². The lowest BCUT2D eigenvalue weighted by Gasteiger charge is -1.78. The zero-order valence-corrected chi connectivity index (χ0v) is 4.60. The second kappa shape index (κ2) is 1.71. The van der Waals surface area contributed by atoms with Gasteiger partial charge in [0.1, 0.15) is 11.8 Å². The number of hydrogen-bond acceptors (Lipinski definition) is 1. The van der Waals surface area contributed by atoms with Gasteiger partial charge < -0.3 is 4.98 Å². The molecule has 0 aliphatic heterocycles. The van der Waals surface area contributed by atoms with Crippen molar-refractivity contribution in [2.45, 2.75) is 6.92 Å². The molecular formula is C6H6N2. The SMILES string of the molecule is Cc1cc[nH]c1C#N. The molecule has 0 saturated heterocycles. The second-order valence-corrected chi connectivity index (χ2v) is 1.65. The van der Waals surface area contributed by atoms with Gasteiger partial charge in [-0.2, -0.15) is 5.26 Å². The highest BCUT2D eigenvalue weighted by molar-refractivity contribution is 5.29. The van der Waals surface area contributed by atoms with E-state index in [4.69, 9.17) is 5.26 Å². The van der Waals surface area contributed by atoms with E-state index in [0.29, 0.717) is 5.69 Å². The van der Waals surface area contributed by atoms with Crippen molar-refractivity contribution in [3.8, 4) is 6.07 Å². The summed E-state index contributed by atoms with van der Waals surface area (Å²) in [5.41, 5.74) is 1.66. The Balaban J connectivity index is 3.15. The van der Waals surface area contributed by atoms with Crippen LogP contribution in [0.1, 0.15) is 11.3 Å². The van der Waals surface area contributed by atoms with Crippen LogP contribution in [0.25, 0.3) is 0 Å². The molecule has 1 heterocycles. The molecule has 0 atom stereocenters. The van der Waals surface area contributed by atoms with Crippen molar-refractivity contribution in [3.05, 3.63) is 23.5 Å². The fourth-order valence-electron chi connectivity index (χ4n) is 0.568. The van der Waals surface area contributed by atoms with Crippen molar-refractivity contribution >= 4 is 0 Å². The number of H-pyrrole nitrogens is 1. The summed E-state index contributed by atoms with van der Waals surface area (Å²) < 4.78 is 0. The van der Waals surface area contributed by atoms with Gasteiger partial charge >= 0.3 is 0 Å². The predicted molar refractivity (Wildman–Crippen MR) is 30.2 cm³/mol. The third kappa shape index (κ3) is 0.584. The van der Waals surface area contributed by atoms with Gasteiger partial charge in [0.25, 0.3) is 0 Å². The Morgan fingerprint density at radius 3 is 2.75 bits per heavy atom. The summed E-state index contributed by atoms with van der Waals surface area (Å²) in [6.07, 6.45) is 1.76. The first-order valence-electron chi connectivity index (χ1n) is 2.38. The van der Waals surface area contributed by atoms with Crippen LogP contribution in [0.5, 0.6) is 0 Å². The van der Waals surface area contributed by atoms with E-state index in [1.165, 1.54) is 0 Å². The summed E-state index contributed by atoms with van der Waals surface area (Å²) in [4.78, 5) is 2.79. The predicted octanol–water partition coefficient (Wildman–Crippen LogP) is 1.19. The molecule has 0 fully saturated rings. The highest BCUT2D eigenvalue weighted by Gasteiger charge is 1.92. The van der Waals surface area contributed by atoms with E-state index < -0.39 is 0 Å². The maximum absolute atomic E-state index is 8.33. The van der Waals surface area contributed by atoms with Gasteiger partial charge in [-0.3, -0.25) is 0 Å². The van der Waals surface area contributed by atoms with E-state index in [2.05, 4.69) is 4.98 Å². The third-order valence-electron chi connectivity index (χ3n) is 1.07. The van der Waals surface area contributed by atoms with Gasteiger partial charge in [-0.1, -0.05) is 0 Å². The number of nitriles is 1. The lowest BCUT2D eigenvalue weighted by atomic mass is 10.3. The van der Waals surface area contributed by atoms with Crippen LogP contribution in [0.4, 0.5) is 0 Å². The van der Waals surface area contributed by atoms with Gasteiger partial charge in [-0.15, -0.1) is 0 Å². The highest BCUT2D eigenvalue weighted by atomic mass is 14.7. The van der Waals surface area contributed by atoms with Gasteiger partial charge in [0, 0.05) is 6.20 Å². The van der Waals surface area contributed by atoms with E-state index in [0.717, 1.165) is 5.56 Å². The van der Waals surface area contributed by atoms with Crippen molar-refractivity contribution in [2.75, 3.05) is 0 Å². The number of aromatic amines is 1. The summed E-state index contributed by atoms with van der Waals surface area (Å²) >= 11 is 0. The number of aromatic nitrogens is 1. The van der Waals surface area contributed by atoms with Crippen molar-refractivity contribution in [3.63, 3.8) is 0 Å². The van der Waals surface area contributed by atoms with Crippen LogP contribution in [0.3, 0.4) is 0 Å². The van der Waals surface area contributed by atoms with Crippen molar-refractivity contribution in [2.24, 2.45) is 0 Å². The van der Waals surface area contributed by atoms with Crippen molar-refractivity contribution in [1.29, 1.82) is 5.26 Å². The van der Waals surface area contributed by atoms with E-state index in [1.807, 2.05) is 19.1 Å². The Kier molecular flexibility index (Phi) is 1.05. The van der Waals surface area contributed by atoms with Crippen LogP contribution in [-0.4, -0.2) is 4.98 Å². The zero-order valence-electron chi connectivity index (χ0n) is 4.60. The van der Waals surface area contributed by atoms with Crippen LogP contribution in [0, 0.1) is 18.3 Å². The van der Waals surface area contributed by atoms with Gasteiger partial charge in [0.15, 0.2) is 0 Å². The van der Waals surface area contributed by atoms with E-state index in [9.17, 15) is 0 Å².